The summed E-state index contributed by atoms with van der Waals surface area (Å²) in [4.78, 5) is 5.98. The topological polar surface area (TPSA) is 15.6 Å². The molecule has 0 amide bonds. The van der Waals surface area contributed by atoms with Crippen molar-refractivity contribution in [1.82, 2.24) is 4.90 Å². The third-order valence-electron chi connectivity index (χ3n) is 1.34. The van der Waals surface area contributed by atoms with Gasteiger partial charge in [0.1, 0.15) is 0 Å². The molecule has 0 fully saturated rings. The molecule has 5 heteroatoms. The molecule has 0 radical (unpaired) electrons. The van der Waals surface area contributed by atoms with Crippen molar-refractivity contribution in [2.45, 2.75) is 0 Å². The minimum absolute atomic E-state index is 0. The Morgan fingerprint density at radius 3 is 2.50 bits per heavy atom. The van der Waals surface area contributed by atoms with Crippen molar-refractivity contribution in [3.8, 4) is 0 Å². The fraction of sp³-hybridized carbons (Fsp3) is 0.222. The van der Waals surface area contributed by atoms with E-state index in [9.17, 15) is 0 Å². The smallest absolute Gasteiger partial charge is 0.0907 e. The van der Waals surface area contributed by atoms with Crippen molar-refractivity contribution in [1.29, 1.82) is 0 Å². The average molecular weight is 254 g/mol. The van der Waals surface area contributed by atoms with E-state index in [0.29, 0.717) is 15.7 Å². The second kappa shape index (κ2) is 6.12. The van der Waals surface area contributed by atoms with Crippen molar-refractivity contribution < 1.29 is 0 Å². The van der Waals surface area contributed by atoms with Gasteiger partial charge >= 0.3 is 0 Å². The van der Waals surface area contributed by atoms with Crippen molar-refractivity contribution >= 4 is 47.6 Å². The molecule has 0 spiro atoms. The van der Waals surface area contributed by atoms with E-state index < -0.39 is 0 Å². The van der Waals surface area contributed by atoms with Crippen LogP contribution in [0.4, 0.5) is 5.69 Å². The molecule has 78 valence electrons. The summed E-state index contributed by atoms with van der Waals surface area (Å²) in [6.07, 6.45) is 1.68. The maximum atomic E-state index is 5.89. The van der Waals surface area contributed by atoms with Crippen LogP contribution in [0.3, 0.4) is 0 Å². The van der Waals surface area contributed by atoms with Crippen molar-refractivity contribution in [3.63, 3.8) is 0 Å². The molecule has 0 unspecified atom stereocenters. The Labute approximate surface area is 99.9 Å². The third kappa shape index (κ3) is 4.18. The van der Waals surface area contributed by atoms with E-state index in [-0.39, 0.29) is 12.4 Å². The molecular weight excluding hydrogens is 242 g/mol. The highest BCUT2D eigenvalue weighted by molar-refractivity contribution is 6.35. The van der Waals surface area contributed by atoms with Gasteiger partial charge in [0.15, 0.2) is 0 Å². The molecule has 0 heterocycles. The first-order valence-electron chi connectivity index (χ1n) is 3.75. The predicted octanol–water partition coefficient (Wildman–Crippen LogP) is 3.64. The number of rotatable bonds is 2. The van der Waals surface area contributed by atoms with E-state index in [4.69, 9.17) is 23.2 Å². The van der Waals surface area contributed by atoms with Crippen LogP contribution in [0.5, 0.6) is 0 Å². The summed E-state index contributed by atoms with van der Waals surface area (Å²) >= 11 is 11.7. The van der Waals surface area contributed by atoms with Crippen LogP contribution >= 0.6 is 35.6 Å². The van der Waals surface area contributed by atoms with Crippen molar-refractivity contribution in [2.75, 3.05) is 14.1 Å². The molecule has 0 saturated heterocycles. The lowest BCUT2D eigenvalue weighted by Crippen LogP contribution is -2.06. The summed E-state index contributed by atoms with van der Waals surface area (Å²) in [7, 11) is 3.78. The normalized spacial score (nSPS) is 10.0. The van der Waals surface area contributed by atoms with E-state index in [2.05, 4.69) is 4.99 Å². The fourth-order valence-corrected chi connectivity index (χ4v) is 1.10. The van der Waals surface area contributed by atoms with Crippen LogP contribution < -0.4 is 0 Å². The van der Waals surface area contributed by atoms with Gasteiger partial charge in [-0.3, -0.25) is 0 Å². The van der Waals surface area contributed by atoms with E-state index >= 15 is 0 Å². The van der Waals surface area contributed by atoms with Crippen molar-refractivity contribution in [2.24, 2.45) is 4.99 Å². The van der Waals surface area contributed by atoms with Crippen LogP contribution in [0.1, 0.15) is 0 Å². The largest absolute Gasteiger partial charge is 0.369 e. The third-order valence-corrected chi connectivity index (χ3v) is 1.89. The highest BCUT2D eigenvalue weighted by atomic mass is 35.5. The van der Waals surface area contributed by atoms with Gasteiger partial charge in [-0.2, -0.15) is 0 Å². The zero-order chi connectivity index (χ0) is 9.84. The summed E-state index contributed by atoms with van der Waals surface area (Å²) in [6, 6.07) is 5.19. The van der Waals surface area contributed by atoms with Gasteiger partial charge in [-0.1, -0.05) is 23.2 Å². The minimum Gasteiger partial charge on any atom is -0.369 e. The Balaban J connectivity index is 0.00000169. The van der Waals surface area contributed by atoms with Gasteiger partial charge < -0.3 is 4.90 Å². The first kappa shape index (κ1) is 13.6. The molecule has 0 N–H and O–H groups in total. The molecule has 1 aromatic carbocycles. The minimum atomic E-state index is 0. The molecule has 2 nitrogen and oxygen atoms in total. The first-order valence-corrected chi connectivity index (χ1v) is 4.51. The van der Waals surface area contributed by atoms with E-state index in [0.717, 1.165) is 0 Å². The number of benzene rings is 1. The summed E-state index contributed by atoms with van der Waals surface area (Å²) in [6.45, 7) is 0. The van der Waals surface area contributed by atoms with Crippen molar-refractivity contribution in [3.05, 3.63) is 28.2 Å². The van der Waals surface area contributed by atoms with Crippen LogP contribution in [0.2, 0.25) is 10.0 Å². The van der Waals surface area contributed by atoms with Crippen LogP contribution in [-0.2, 0) is 0 Å². The number of hydrogen-bond donors (Lipinski definition) is 0. The Bertz CT molecular complexity index is 324. The zero-order valence-corrected chi connectivity index (χ0v) is 10.2. The summed E-state index contributed by atoms with van der Waals surface area (Å²) in [5, 5.41) is 1.23. The molecular formula is C9H11Cl3N2. The Kier molecular flexibility index (Phi) is 5.93. The Hall–Kier alpha value is -0.440. The lowest BCUT2D eigenvalue weighted by atomic mass is 10.3. The molecule has 1 rings (SSSR count). The molecule has 0 aromatic heterocycles. The average Bonchev–Trinajstić information content (AvgIpc) is 2.06. The number of halogens is 3. The molecule has 0 saturated carbocycles. The zero-order valence-electron chi connectivity index (χ0n) is 7.87. The van der Waals surface area contributed by atoms with Crippen LogP contribution in [0.15, 0.2) is 23.2 Å². The van der Waals surface area contributed by atoms with Gasteiger partial charge in [-0.05, 0) is 18.2 Å². The van der Waals surface area contributed by atoms with E-state index in [1.54, 1.807) is 24.5 Å². The van der Waals surface area contributed by atoms with E-state index in [1.165, 1.54) is 0 Å². The maximum absolute atomic E-state index is 5.89. The number of nitrogens with zero attached hydrogens (tertiary/aromatic N) is 2. The fourth-order valence-electron chi connectivity index (χ4n) is 0.762. The number of hydrogen-bond acceptors (Lipinski definition) is 1. The monoisotopic (exact) mass is 252 g/mol. The van der Waals surface area contributed by atoms with E-state index in [1.807, 2.05) is 19.0 Å². The van der Waals surface area contributed by atoms with Gasteiger partial charge in [0.05, 0.1) is 17.0 Å². The lowest BCUT2D eigenvalue weighted by Gasteiger charge is -2.03. The molecule has 14 heavy (non-hydrogen) atoms. The molecule has 0 aliphatic carbocycles. The molecule has 0 aliphatic rings. The SMILES string of the molecule is CN(C)C=Nc1cc(Cl)ccc1Cl.Cl. The highest BCUT2D eigenvalue weighted by Crippen LogP contribution is 2.27. The van der Waals surface area contributed by atoms with Crippen LogP contribution in [-0.4, -0.2) is 25.3 Å². The molecule has 0 aliphatic heterocycles. The molecule has 0 atom stereocenters. The van der Waals surface area contributed by atoms with Gasteiger partial charge in [-0.15, -0.1) is 12.4 Å². The Morgan fingerprint density at radius 1 is 1.29 bits per heavy atom. The quantitative estimate of drug-likeness (QED) is 0.580. The standard InChI is InChI=1S/C9H10Cl2N2.ClH/c1-13(2)6-12-9-5-7(10)3-4-8(9)11;/h3-6H,1-2H3;1H. The molecule has 1 aromatic rings. The van der Waals surface area contributed by atoms with Gasteiger partial charge in [0.25, 0.3) is 0 Å². The maximum Gasteiger partial charge on any atom is 0.0907 e. The second-order valence-electron chi connectivity index (χ2n) is 2.80. The summed E-state index contributed by atoms with van der Waals surface area (Å²) in [5.74, 6) is 0. The highest BCUT2D eigenvalue weighted by Gasteiger charge is 1.97. The second-order valence-corrected chi connectivity index (χ2v) is 3.65. The van der Waals surface area contributed by atoms with Crippen LogP contribution in [0, 0.1) is 0 Å². The molecule has 0 bridgehead atoms. The lowest BCUT2D eigenvalue weighted by molar-refractivity contribution is 0.643. The Morgan fingerprint density at radius 2 is 1.93 bits per heavy atom. The van der Waals surface area contributed by atoms with Crippen LogP contribution in [0.25, 0.3) is 0 Å². The van der Waals surface area contributed by atoms with Gasteiger partial charge in [0, 0.05) is 19.1 Å². The van der Waals surface area contributed by atoms with Gasteiger partial charge in [-0.25, -0.2) is 4.99 Å². The first-order chi connectivity index (χ1) is 6.09. The van der Waals surface area contributed by atoms with Gasteiger partial charge in [0.2, 0.25) is 0 Å². The summed E-state index contributed by atoms with van der Waals surface area (Å²) in [5.41, 5.74) is 0.683. The predicted molar refractivity (Wildman–Crippen MR) is 65.5 cm³/mol. The summed E-state index contributed by atoms with van der Waals surface area (Å²) < 4.78 is 0. The number of aliphatic imine (C=N–C) groups is 1.